The molecule has 0 amide bonds. The van der Waals surface area contributed by atoms with E-state index in [1.54, 1.807) is 0 Å². The van der Waals surface area contributed by atoms with Gasteiger partial charge in [0.25, 0.3) is 20.1 Å². The highest BCUT2D eigenvalue weighted by Crippen LogP contribution is 2.52. The SMILES string of the molecule is Cc1cc(C)c(-c2cc3c4c(c2)Oc2ccccc2B4c2cc4c(cc2N3)N(c2c(C)cc(C)cc2C)c2cc(-c3c(C)cc(C)cc3C)cc3c2B4c2cc4c(cc2N3c2c(C)cc(C)cc2C)Oc2cc(-c3c(C)cc(C)cc3C)cc3c2B4c2ccccc2O3)c(C)c1. The van der Waals surface area contributed by atoms with Gasteiger partial charge in [-0.15, -0.1) is 0 Å². The Morgan fingerprint density at radius 2 is 0.615 bits per heavy atom. The van der Waals surface area contributed by atoms with Crippen molar-refractivity contribution in [2.24, 2.45) is 0 Å². The fourth-order valence-electron chi connectivity index (χ4n) is 18.9. The van der Waals surface area contributed by atoms with Crippen LogP contribution in [-0.2, 0) is 0 Å². The number of ether oxygens (including phenoxy) is 3. The number of anilines is 8. The smallest absolute Gasteiger partial charge is 0.260 e. The summed E-state index contributed by atoms with van der Waals surface area (Å²) in [6, 6.07) is 65.2. The standard InChI is InChI=1S/C87H74B3N3O3/c1-44-24-49(6)80(50(7)25-44)59-34-69-83-77(37-59)94-74-22-18-16-20-62(74)88(83)64-40-65-70(42-68(64)91-69)92(86-55(12)30-47(4)31-56(86)13)72-35-60(81-51(8)26-45(2)27-52(81)9)36-73-84(72)90(65)66-41-67-76(43-71(66)93(73)87-57(14)32-48(5)33-58(87)15)96-79-39-61(82-53(10)28-46(3)29-54(82)11)38-78-85(79)89(67)63-21-17-19-23-75(63)95-78/h16-43,91H,1-15H3. The van der Waals surface area contributed by atoms with Crippen LogP contribution in [0, 0.1) is 104 Å². The largest absolute Gasteiger partial charge is 0.458 e. The Morgan fingerprint density at radius 3 is 1.07 bits per heavy atom. The third-order valence-electron chi connectivity index (χ3n) is 21.8. The van der Waals surface area contributed by atoms with Crippen molar-refractivity contribution in [3.05, 3.63) is 253 Å². The lowest BCUT2D eigenvalue weighted by Gasteiger charge is -2.47. The molecule has 9 heteroatoms. The Morgan fingerprint density at radius 1 is 0.260 bits per heavy atom. The van der Waals surface area contributed by atoms with Crippen LogP contribution in [0.2, 0.25) is 0 Å². The van der Waals surface area contributed by atoms with Gasteiger partial charge in [-0.3, -0.25) is 0 Å². The Kier molecular flexibility index (Phi) is 12.6. The van der Waals surface area contributed by atoms with Crippen LogP contribution in [0.3, 0.4) is 0 Å². The summed E-state index contributed by atoms with van der Waals surface area (Å²) in [7, 11) is 0. The van der Waals surface area contributed by atoms with E-state index >= 15 is 0 Å². The lowest BCUT2D eigenvalue weighted by atomic mass is 9.29. The molecule has 6 aliphatic rings. The van der Waals surface area contributed by atoms with E-state index in [2.05, 4.69) is 289 Å². The van der Waals surface area contributed by atoms with Gasteiger partial charge >= 0.3 is 0 Å². The minimum absolute atomic E-state index is 0.136. The van der Waals surface area contributed by atoms with Crippen LogP contribution in [0.5, 0.6) is 34.5 Å². The molecule has 0 atom stereocenters. The molecule has 0 aromatic heterocycles. The van der Waals surface area contributed by atoms with E-state index in [0.29, 0.717) is 0 Å². The van der Waals surface area contributed by atoms with Gasteiger partial charge in [0.1, 0.15) is 34.5 Å². The number of rotatable bonds is 5. The monoisotopic (exact) mass is 1240 g/mol. The summed E-state index contributed by atoms with van der Waals surface area (Å²) in [5.74, 6) is 5.14. The van der Waals surface area contributed by atoms with Crippen LogP contribution < -0.4 is 78.5 Å². The number of nitrogens with one attached hydrogen (secondary N) is 1. The molecule has 12 aromatic carbocycles. The van der Waals surface area contributed by atoms with Crippen molar-refractivity contribution in [2.75, 3.05) is 15.1 Å². The molecule has 0 aliphatic carbocycles. The molecule has 18 rings (SSSR count). The zero-order valence-corrected chi connectivity index (χ0v) is 57.5. The van der Waals surface area contributed by atoms with Crippen molar-refractivity contribution in [2.45, 2.75) is 104 Å². The number of benzene rings is 12. The molecule has 464 valence electrons. The normalized spacial score (nSPS) is 13.6. The maximum atomic E-state index is 7.65. The first-order valence-corrected chi connectivity index (χ1v) is 34.1. The summed E-state index contributed by atoms with van der Waals surface area (Å²) in [6.45, 7) is 33.2. The number of hydrogen-bond acceptors (Lipinski definition) is 6. The van der Waals surface area contributed by atoms with Gasteiger partial charge in [-0.05, 0) is 291 Å². The highest BCUT2D eigenvalue weighted by molar-refractivity contribution is 7.04. The summed E-state index contributed by atoms with van der Waals surface area (Å²) in [6.07, 6.45) is 0. The Labute approximate surface area is 565 Å². The van der Waals surface area contributed by atoms with Crippen molar-refractivity contribution < 1.29 is 14.2 Å². The van der Waals surface area contributed by atoms with E-state index in [0.717, 1.165) is 101 Å². The fraction of sp³-hybridized carbons (Fsp3) is 0.172. The molecule has 0 saturated carbocycles. The Hall–Kier alpha value is -10.4. The average Bonchev–Trinajstić information content (AvgIpc) is 0.678. The second-order valence-electron chi connectivity index (χ2n) is 29.0. The minimum Gasteiger partial charge on any atom is -0.458 e. The number of hydrogen-bond donors (Lipinski definition) is 1. The Balaban J connectivity index is 0.965. The molecule has 0 fully saturated rings. The zero-order chi connectivity index (χ0) is 65.9. The highest BCUT2D eigenvalue weighted by Gasteiger charge is 2.50. The predicted octanol–water partition coefficient (Wildman–Crippen LogP) is 16.8. The highest BCUT2D eigenvalue weighted by atomic mass is 16.5. The molecular weight excluding hydrogens is 1170 g/mol. The molecule has 6 nitrogen and oxygen atoms in total. The van der Waals surface area contributed by atoms with E-state index in [4.69, 9.17) is 14.2 Å². The van der Waals surface area contributed by atoms with E-state index in [1.807, 2.05) is 0 Å². The lowest BCUT2D eigenvalue weighted by Crippen LogP contribution is -2.65. The molecule has 6 heterocycles. The topological polar surface area (TPSA) is 46.2 Å². The number of fused-ring (bicyclic) bond motifs is 12. The molecule has 1 N–H and O–H groups in total. The van der Waals surface area contributed by atoms with E-state index in [1.165, 1.54) is 145 Å². The van der Waals surface area contributed by atoms with Crippen LogP contribution >= 0.6 is 0 Å². The molecule has 0 radical (unpaired) electrons. The first-order chi connectivity index (χ1) is 46.2. The minimum atomic E-state index is -0.258. The van der Waals surface area contributed by atoms with Gasteiger partial charge in [-0.1, -0.05) is 137 Å². The summed E-state index contributed by atoms with van der Waals surface area (Å²) in [5, 5.41) is 4.20. The van der Waals surface area contributed by atoms with Crippen LogP contribution in [0.4, 0.5) is 45.5 Å². The first-order valence-electron chi connectivity index (χ1n) is 34.1. The second kappa shape index (κ2) is 20.8. The molecule has 0 saturated heterocycles. The van der Waals surface area contributed by atoms with Crippen LogP contribution in [-0.4, -0.2) is 20.1 Å². The molecule has 96 heavy (non-hydrogen) atoms. The molecule has 0 spiro atoms. The molecule has 12 aromatic rings. The third-order valence-corrected chi connectivity index (χ3v) is 21.8. The van der Waals surface area contributed by atoms with Crippen molar-refractivity contribution >= 4 is 115 Å². The van der Waals surface area contributed by atoms with Crippen LogP contribution in [0.1, 0.15) is 83.5 Å². The molecule has 0 unspecified atom stereocenters. The van der Waals surface area contributed by atoms with Crippen LogP contribution in [0.15, 0.2) is 170 Å². The summed E-state index contributed by atoms with van der Waals surface area (Å²) in [5.41, 5.74) is 45.3. The first kappa shape index (κ1) is 58.2. The van der Waals surface area contributed by atoms with Gasteiger partial charge in [0, 0.05) is 45.7 Å². The van der Waals surface area contributed by atoms with Gasteiger partial charge < -0.3 is 29.3 Å². The summed E-state index contributed by atoms with van der Waals surface area (Å²) >= 11 is 0. The van der Waals surface area contributed by atoms with Crippen molar-refractivity contribution in [1.29, 1.82) is 0 Å². The van der Waals surface area contributed by atoms with Gasteiger partial charge in [0.2, 0.25) is 0 Å². The lowest BCUT2D eigenvalue weighted by molar-refractivity contribution is 0.465. The maximum Gasteiger partial charge on any atom is 0.260 e. The maximum absolute atomic E-state index is 7.65. The van der Waals surface area contributed by atoms with Gasteiger partial charge in [0.15, 0.2) is 0 Å². The molecule has 6 aliphatic heterocycles. The quantitative estimate of drug-likeness (QED) is 0.173. The predicted molar refractivity (Wildman–Crippen MR) is 406 cm³/mol. The molecular formula is C87H74B3N3O3. The third kappa shape index (κ3) is 8.47. The van der Waals surface area contributed by atoms with Crippen molar-refractivity contribution in [1.82, 2.24) is 0 Å². The van der Waals surface area contributed by atoms with Crippen LogP contribution in [0.25, 0.3) is 33.4 Å². The summed E-state index contributed by atoms with van der Waals surface area (Å²) < 4.78 is 21.9. The van der Waals surface area contributed by atoms with Gasteiger partial charge in [-0.2, -0.15) is 0 Å². The van der Waals surface area contributed by atoms with Crippen molar-refractivity contribution in [3.63, 3.8) is 0 Å². The molecule has 0 bridgehead atoms. The van der Waals surface area contributed by atoms with E-state index < -0.39 is 0 Å². The Bertz CT molecular complexity index is 5120. The van der Waals surface area contributed by atoms with E-state index in [-0.39, 0.29) is 20.1 Å². The summed E-state index contributed by atoms with van der Waals surface area (Å²) in [4.78, 5) is 5.30. The fourth-order valence-corrected chi connectivity index (χ4v) is 18.9. The average molecular weight is 1240 g/mol. The zero-order valence-electron chi connectivity index (χ0n) is 57.5. The van der Waals surface area contributed by atoms with E-state index in [9.17, 15) is 0 Å². The van der Waals surface area contributed by atoms with Crippen molar-refractivity contribution in [3.8, 4) is 67.9 Å². The number of aryl methyl sites for hydroxylation is 15. The number of nitrogens with zero attached hydrogens (tertiary/aromatic N) is 2. The van der Waals surface area contributed by atoms with Gasteiger partial charge in [0.05, 0.1) is 11.4 Å². The van der Waals surface area contributed by atoms with Gasteiger partial charge in [-0.25, -0.2) is 0 Å². The number of para-hydroxylation sites is 2. The second-order valence-corrected chi connectivity index (χ2v) is 29.0.